The highest BCUT2D eigenvalue weighted by atomic mass is 35.5. The van der Waals surface area contributed by atoms with Crippen LogP contribution in [0.2, 0.25) is 0 Å². The number of hydrogen-bond acceptors (Lipinski definition) is 3. The minimum atomic E-state index is -0.817. The molecule has 0 unspecified atom stereocenters. The van der Waals surface area contributed by atoms with Crippen LogP contribution in [0.25, 0.3) is 0 Å². The van der Waals surface area contributed by atoms with Crippen molar-refractivity contribution in [3.8, 4) is 0 Å². The smallest absolute Gasteiger partial charge is 0.345 e. The zero-order chi connectivity index (χ0) is 9.97. The van der Waals surface area contributed by atoms with E-state index >= 15 is 0 Å². The molecule has 1 aliphatic heterocycles. The van der Waals surface area contributed by atoms with Gasteiger partial charge in [0.25, 0.3) is 0 Å². The minimum absolute atomic E-state index is 0. The van der Waals surface area contributed by atoms with Crippen LogP contribution in [-0.4, -0.2) is 29.1 Å². The van der Waals surface area contributed by atoms with Crippen molar-refractivity contribution in [3.63, 3.8) is 0 Å². The molecule has 0 aromatic carbocycles. The van der Waals surface area contributed by atoms with Gasteiger partial charge in [0, 0.05) is 11.4 Å². The van der Waals surface area contributed by atoms with Gasteiger partial charge in [-0.05, 0) is 38.1 Å². The van der Waals surface area contributed by atoms with Gasteiger partial charge in [-0.2, -0.15) is 0 Å². The van der Waals surface area contributed by atoms with E-state index in [1.165, 1.54) is 24.2 Å². The van der Waals surface area contributed by atoms with Crippen LogP contribution in [0, 0.1) is 0 Å². The van der Waals surface area contributed by atoms with Crippen LogP contribution in [0.1, 0.15) is 27.4 Å². The number of likely N-dealkylation sites (tertiary alicyclic amines) is 1. The molecule has 2 heterocycles. The maximum Gasteiger partial charge on any atom is 0.345 e. The fourth-order valence-corrected chi connectivity index (χ4v) is 2.63. The standard InChI is InChI=1S/C10H13NO2S.ClH/c12-10(13)9-4-3-8(14-9)7-11-5-1-2-6-11;/h3-4H,1-2,5-7H2,(H,12,13);1H. The van der Waals surface area contributed by atoms with Crippen molar-refractivity contribution >= 4 is 29.7 Å². The fourth-order valence-electron chi connectivity index (χ4n) is 1.74. The maximum absolute atomic E-state index is 10.6. The lowest BCUT2D eigenvalue weighted by atomic mass is 10.4. The molecule has 15 heavy (non-hydrogen) atoms. The quantitative estimate of drug-likeness (QED) is 0.892. The van der Waals surface area contributed by atoms with E-state index in [1.54, 1.807) is 6.07 Å². The van der Waals surface area contributed by atoms with Gasteiger partial charge in [-0.1, -0.05) is 0 Å². The summed E-state index contributed by atoms with van der Waals surface area (Å²) in [5.41, 5.74) is 0. The first-order valence-corrected chi connectivity index (χ1v) is 5.62. The van der Waals surface area contributed by atoms with Crippen molar-refractivity contribution in [2.24, 2.45) is 0 Å². The van der Waals surface area contributed by atoms with Crippen molar-refractivity contribution in [3.05, 3.63) is 21.9 Å². The van der Waals surface area contributed by atoms with E-state index in [0.717, 1.165) is 24.5 Å². The van der Waals surface area contributed by atoms with E-state index in [-0.39, 0.29) is 12.4 Å². The molecule has 2 rings (SSSR count). The summed E-state index contributed by atoms with van der Waals surface area (Å²) < 4.78 is 0. The summed E-state index contributed by atoms with van der Waals surface area (Å²) >= 11 is 1.39. The molecular formula is C10H14ClNO2S. The van der Waals surface area contributed by atoms with E-state index in [0.29, 0.717) is 4.88 Å². The van der Waals surface area contributed by atoms with Crippen LogP contribution < -0.4 is 0 Å². The third kappa shape index (κ3) is 3.19. The SMILES string of the molecule is Cl.O=C(O)c1ccc(CN2CCCC2)s1. The number of carbonyl (C=O) groups is 1. The average Bonchev–Trinajstić information content (AvgIpc) is 2.75. The number of nitrogens with zero attached hydrogens (tertiary/aromatic N) is 1. The van der Waals surface area contributed by atoms with E-state index in [4.69, 9.17) is 5.11 Å². The molecule has 1 N–H and O–H groups in total. The van der Waals surface area contributed by atoms with Crippen molar-refractivity contribution in [1.29, 1.82) is 0 Å². The van der Waals surface area contributed by atoms with Gasteiger partial charge in [-0.25, -0.2) is 4.79 Å². The Morgan fingerprint density at radius 2 is 2.07 bits per heavy atom. The van der Waals surface area contributed by atoms with Crippen LogP contribution >= 0.6 is 23.7 Å². The summed E-state index contributed by atoms with van der Waals surface area (Å²) in [6.07, 6.45) is 2.55. The number of halogens is 1. The summed E-state index contributed by atoms with van der Waals surface area (Å²) in [6.45, 7) is 3.22. The second-order valence-electron chi connectivity index (χ2n) is 3.55. The normalized spacial score (nSPS) is 16.3. The van der Waals surface area contributed by atoms with Gasteiger partial charge in [-0.3, -0.25) is 4.90 Å². The third-order valence-corrected chi connectivity index (χ3v) is 3.51. The number of carboxylic acids is 1. The number of rotatable bonds is 3. The highest BCUT2D eigenvalue weighted by molar-refractivity contribution is 7.13. The summed E-state index contributed by atoms with van der Waals surface area (Å²) in [4.78, 5) is 14.6. The lowest BCUT2D eigenvalue weighted by Crippen LogP contribution is -2.17. The molecule has 1 fully saturated rings. The Labute approximate surface area is 99.1 Å². The van der Waals surface area contributed by atoms with Crippen molar-refractivity contribution < 1.29 is 9.90 Å². The second-order valence-corrected chi connectivity index (χ2v) is 4.72. The lowest BCUT2D eigenvalue weighted by molar-refractivity contribution is 0.0702. The zero-order valence-corrected chi connectivity index (χ0v) is 9.94. The van der Waals surface area contributed by atoms with Crippen LogP contribution in [0.15, 0.2) is 12.1 Å². The molecular weight excluding hydrogens is 234 g/mol. The molecule has 0 bridgehead atoms. The Balaban J connectivity index is 0.00000112. The van der Waals surface area contributed by atoms with Gasteiger partial charge in [0.1, 0.15) is 4.88 Å². The molecule has 1 aromatic heterocycles. The molecule has 0 atom stereocenters. The highest BCUT2D eigenvalue weighted by Gasteiger charge is 2.13. The highest BCUT2D eigenvalue weighted by Crippen LogP contribution is 2.20. The van der Waals surface area contributed by atoms with Gasteiger partial charge < -0.3 is 5.11 Å². The third-order valence-electron chi connectivity index (χ3n) is 2.45. The van der Waals surface area contributed by atoms with E-state index in [9.17, 15) is 4.79 Å². The number of aromatic carboxylic acids is 1. The molecule has 0 amide bonds. The van der Waals surface area contributed by atoms with Gasteiger partial charge in [-0.15, -0.1) is 23.7 Å². The van der Waals surface area contributed by atoms with E-state index in [1.807, 2.05) is 6.07 Å². The summed E-state index contributed by atoms with van der Waals surface area (Å²) in [5.74, 6) is -0.817. The van der Waals surface area contributed by atoms with Crippen molar-refractivity contribution in [2.75, 3.05) is 13.1 Å². The van der Waals surface area contributed by atoms with Crippen LogP contribution in [0.5, 0.6) is 0 Å². The zero-order valence-electron chi connectivity index (χ0n) is 8.31. The molecule has 1 saturated heterocycles. The Morgan fingerprint density at radius 3 is 2.60 bits per heavy atom. The van der Waals surface area contributed by atoms with Gasteiger partial charge in [0.15, 0.2) is 0 Å². The number of thiophene rings is 1. The van der Waals surface area contributed by atoms with Gasteiger partial charge in [0.2, 0.25) is 0 Å². The monoisotopic (exact) mass is 247 g/mol. The average molecular weight is 248 g/mol. The predicted octanol–water partition coefficient (Wildman–Crippen LogP) is 2.46. The molecule has 3 nitrogen and oxygen atoms in total. The predicted molar refractivity (Wildman–Crippen MR) is 63.0 cm³/mol. The molecule has 0 radical (unpaired) electrons. The summed E-state index contributed by atoms with van der Waals surface area (Å²) in [5, 5.41) is 8.76. The molecule has 84 valence electrons. The summed E-state index contributed by atoms with van der Waals surface area (Å²) in [7, 11) is 0. The largest absolute Gasteiger partial charge is 0.477 e. The molecule has 1 aliphatic rings. The molecule has 0 saturated carbocycles. The molecule has 1 aromatic rings. The topological polar surface area (TPSA) is 40.5 Å². The number of hydrogen-bond donors (Lipinski definition) is 1. The first kappa shape index (κ1) is 12.5. The molecule has 5 heteroatoms. The Bertz CT molecular complexity index is 334. The number of carboxylic acid groups (broad SMARTS) is 1. The van der Waals surface area contributed by atoms with Crippen molar-refractivity contribution in [2.45, 2.75) is 19.4 Å². The van der Waals surface area contributed by atoms with Crippen molar-refractivity contribution in [1.82, 2.24) is 4.90 Å². The van der Waals surface area contributed by atoms with Crippen LogP contribution in [-0.2, 0) is 6.54 Å². The first-order chi connectivity index (χ1) is 6.75. The lowest BCUT2D eigenvalue weighted by Gasteiger charge is -2.12. The van der Waals surface area contributed by atoms with E-state index < -0.39 is 5.97 Å². The van der Waals surface area contributed by atoms with Gasteiger partial charge >= 0.3 is 5.97 Å². The second kappa shape index (κ2) is 5.49. The van der Waals surface area contributed by atoms with Crippen LogP contribution in [0.3, 0.4) is 0 Å². The fraction of sp³-hybridized carbons (Fsp3) is 0.500. The van der Waals surface area contributed by atoms with Crippen LogP contribution in [0.4, 0.5) is 0 Å². The summed E-state index contributed by atoms with van der Waals surface area (Å²) in [6, 6.07) is 3.62. The molecule has 0 spiro atoms. The Kier molecular flexibility index (Phi) is 4.57. The molecule has 0 aliphatic carbocycles. The minimum Gasteiger partial charge on any atom is -0.477 e. The Morgan fingerprint density at radius 1 is 1.40 bits per heavy atom. The van der Waals surface area contributed by atoms with Gasteiger partial charge in [0.05, 0.1) is 0 Å². The Hall–Kier alpha value is -0.580. The first-order valence-electron chi connectivity index (χ1n) is 4.80. The maximum atomic E-state index is 10.6. The van der Waals surface area contributed by atoms with E-state index in [2.05, 4.69) is 4.90 Å².